The van der Waals surface area contributed by atoms with Gasteiger partial charge in [-0.05, 0) is 82.3 Å². The topological polar surface area (TPSA) is 162 Å². The van der Waals surface area contributed by atoms with E-state index in [1.165, 1.54) is 0 Å². The fraction of sp³-hybridized carbons (Fsp3) is 0.485. The van der Waals surface area contributed by atoms with Crippen LogP contribution >= 0.6 is 0 Å². The number of hydrogen-bond acceptors (Lipinski definition) is 9. The summed E-state index contributed by atoms with van der Waals surface area (Å²) in [5.74, 6) is -0.929. The summed E-state index contributed by atoms with van der Waals surface area (Å²) in [5, 5.41) is 27.4. The van der Waals surface area contributed by atoms with Crippen LogP contribution in [0.3, 0.4) is 0 Å². The van der Waals surface area contributed by atoms with Gasteiger partial charge in [0, 0.05) is 48.5 Å². The lowest BCUT2D eigenvalue weighted by Gasteiger charge is -2.23. The van der Waals surface area contributed by atoms with Crippen LogP contribution in [0.2, 0.25) is 0 Å². The van der Waals surface area contributed by atoms with Crippen LogP contribution in [-0.4, -0.2) is 67.3 Å². The van der Waals surface area contributed by atoms with Crippen molar-refractivity contribution in [2.24, 2.45) is 5.41 Å². The molecular weight excluding hydrogens is 578 g/mol. The van der Waals surface area contributed by atoms with Crippen LogP contribution in [0.1, 0.15) is 71.7 Å². The van der Waals surface area contributed by atoms with Gasteiger partial charge in [-0.2, -0.15) is 4.98 Å². The number of pyridine rings is 1. The number of carboxylic acids is 1. The minimum absolute atomic E-state index is 0.00439. The van der Waals surface area contributed by atoms with E-state index in [-0.39, 0.29) is 30.8 Å². The quantitative estimate of drug-likeness (QED) is 0.183. The van der Waals surface area contributed by atoms with Crippen LogP contribution in [0, 0.1) is 5.41 Å². The lowest BCUT2D eigenvalue weighted by Crippen LogP contribution is -2.44. The molecule has 0 unspecified atom stereocenters. The van der Waals surface area contributed by atoms with E-state index < -0.39 is 29.1 Å². The van der Waals surface area contributed by atoms with Crippen LogP contribution in [0.4, 0.5) is 4.79 Å². The summed E-state index contributed by atoms with van der Waals surface area (Å²) in [6.07, 6.45) is 1.02. The van der Waals surface area contributed by atoms with Gasteiger partial charge in [-0.3, -0.25) is 4.98 Å². The van der Waals surface area contributed by atoms with Crippen molar-refractivity contribution in [1.82, 2.24) is 25.0 Å². The highest BCUT2D eigenvalue weighted by molar-refractivity contribution is 5.95. The number of methoxy groups -OCH3 is 1. The van der Waals surface area contributed by atoms with E-state index >= 15 is 0 Å². The van der Waals surface area contributed by atoms with E-state index in [4.69, 9.17) is 14.0 Å². The second-order valence-corrected chi connectivity index (χ2v) is 12.9. The predicted octanol–water partition coefficient (Wildman–Crippen LogP) is 5.56. The number of carbonyl (C=O) groups is 2. The molecule has 3 aromatic heterocycles. The molecule has 0 saturated carbocycles. The number of aliphatic hydroxyl groups excluding tert-OH is 1. The van der Waals surface area contributed by atoms with Crippen molar-refractivity contribution < 1.29 is 33.8 Å². The van der Waals surface area contributed by atoms with Gasteiger partial charge in [0.2, 0.25) is 11.7 Å². The number of fused-ring (bicyclic) bond motifs is 1. The molecule has 1 aromatic carbocycles. The molecule has 0 spiro atoms. The lowest BCUT2D eigenvalue weighted by atomic mass is 9.84. The van der Waals surface area contributed by atoms with E-state index in [2.05, 4.69) is 31.9 Å². The SMILES string of the molecule is CCn1c(-c2cccnc2[C@H](C)OC)c(CC(C)(C)CO)c2cc(-c3noc(C[C@H](NC(=O)OC(C)(C)C)C(=O)O)n3)ccc21. The van der Waals surface area contributed by atoms with Crippen molar-refractivity contribution in [3.63, 3.8) is 0 Å². The maximum absolute atomic E-state index is 12.2. The zero-order valence-corrected chi connectivity index (χ0v) is 27.2. The van der Waals surface area contributed by atoms with Crippen LogP contribution in [-0.2, 0) is 33.7 Å². The van der Waals surface area contributed by atoms with Gasteiger partial charge in [-0.25, -0.2) is 9.59 Å². The highest BCUT2D eigenvalue weighted by atomic mass is 16.6. The number of aliphatic hydroxyl groups is 1. The molecular formula is C33H43N5O7. The molecule has 1 amide bonds. The Labute approximate surface area is 262 Å². The Balaban J connectivity index is 1.79. The lowest BCUT2D eigenvalue weighted by molar-refractivity contribution is -0.139. The van der Waals surface area contributed by atoms with Crippen LogP contribution in [0.5, 0.6) is 0 Å². The predicted molar refractivity (Wildman–Crippen MR) is 169 cm³/mol. The Morgan fingerprint density at radius 1 is 1.16 bits per heavy atom. The molecule has 0 aliphatic rings. The molecule has 12 heteroatoms. The van der Waals surface area contributed by atoms with Gasteiger partial charge in [0.25, 0.3) is 0 Å². The van der Waals surface area contributed by atoms with E-state index in [1.807, 2.05) is 51.1 Å². The highest BCUT2D eigenvalue weighted by Gasteiger charge is 2.29. The van der Waals surface area contributed by atoms with E-state index in [0.29, 0.717) is 18.5 Å². The Kier molecular flexibility index (Phi) is 9.98. The summed E-state index contributed by atoms with van der Waals surface area (Å²) in [7, 11) is 1.66. The number of carboxylic acid groups (broad SMARTS) is 1. The number of aryl methyl sites for hydroxylation is 1. The normalized spacial score (nSPS) is 13.5. The molecule has 45 heavy (non-hydrogen) atoms. The van der Waals surface area contributed by atoms with Gasteiger partial charge in [0.05, 0.1) is 23.9 Å². The standard InChI is InChI=1S/C33H43N5O7/c1-9-38-25-13-12-20(29-36-26(45-37-29)16-24(30(40)41)35-31(42)44-32(3,4)5)15-22(25)23(17-33(6,7)18-39)28(38)21-11-10-14-34-27(21)19(2)43-8/h10-15,19,24,39H,9,16-18H2,1-8H3,(H,35,42)(H,40,41)/t19-,24-/m0/s1. The molecule has 0 fully saturated rings. The first kappa shape index (κ1) is 33.6. The third-order valence-corrected chi connectivity index (χ3v) is 7.49. The molecule has 0 aliphatic carbocycles. The minimum Gasteiger partial charge on any atom is -0.480 e. The average molecular weight is 622 g/mol. The van der Waals surface area contributed by atoms with Crippen LogP contribution < -0.4 is 5.32 Å². The fourth-order valence-corrected chi connectivity index (χ4v) is 5.25. The van der Waals surface area contributed by atoms with Crippen molar-refractivity contribution in [2.75, 3.05) is 13.7 Å². The molecule has 4 aromatic rings. The Hall–Kier alpha value is -4.29. The van der Waals surface area contributed by atoms with Crippen molar-refractivity contribution in [3.05, 3.63) is 53.7 Å². The van der Waals surface area contributed by atoms with E-state index in [1.54, 1.807) is 34.1 Å². The van der Waals surface area contributed by atoms with Crippen molar-refractivity contribution >= 4 is 23.0 Å². The summed E-state index contributed by atoms with van der Waals surface area (Å²) in [5.41, 5.74) is 4.28. The molecule has 12 nitrogen and oxygen atoms in total. The number of amides is 1. The van der Waals surface area contributed by atoms with E-state index in [9.17, 15) is 19.8 Å². The monoisotopic (exact) mass is 621 g/mol. The number of hydrogen-bond donors (Lipinski definition) is 3. The highest BCUT2D eigenvalue weighted by Crippen LogP contribution is 2.41. The number of aliphatic carboxylic acids is 1. The largest absolute Gasteiger partial charge is 0.480 e. The summed E-state index contributed by atoms with van der Waals surface area (Å²) < 4.78 is 18.5. The van der Waals surface area contributed by atoms with Gasteiger partial charge < -0.3 is 34.1 Å². The second kappa shape index (κ2) is 13.4. The molecule has 4 rings (SSSR count). The number of aromatic nitrogens is 4. The summed E-state index contributed by atoms with van der Waals surface area (Å²) in [6, 6.07) is 8.52. The molecule has 0 bridgehead atoms. The summed E-state index contributed by atoms with van der Waals surface area (Å²) in [6.45, 7) is 13.8. The number of rotatable bonds is 12. The van der Waals surface area contributed by atoms with Gasteiger partial charge in [-0.15, -0.1) is 0 Å². The van der Waals surface area contributed by atoms with Crippen molar-refractivity contribution in [3.8, 4) is 22.6 Å². The number of carbonyl (C=O) groups excluding carboxylic acids is 1. The third kappa shape index (κ3) is 7.69. The second-order valence-electron chi connectivity index (χ2n) is 12.9. The Morgan fingerprint density at radius 2 is 1.89 bits per heavy atom. The minimum atomic E-state index is -1.33. The number of ether oxygens (including phenoxy) is 2. The third-order valence-electron chi connectivity index (χ3n) is 7.49. The average Bonchev–Trinajstić information content (AvgIpc) is 3.57. The first-order valence-corrected chi connectivity index (χ1v) is 15.0. The number of nitrogens with one attached hydrogen (secondary N) is 1. The van der Waals surface area contributed by atoms with Gasteiger partial charge >= 0.3 is 12.1 Å². The molecule has 3 N–H and O–H groups in total. The molecule has 3 heterocycles. The fourth-order valence-electron chi connectivity index (χ4n) is 5.25. The first-order chi connectivity index (χ1) is 21.2. The smallest absolute Gasteiger partial charge is 0.408 e. The van der Waals surface area contributed by atoms with Crippen LogP contribution in [0.25, 0.3) is 33.5 Å². The molecule has 2 atom stereocenters. The molecule has 242 valence electrons. The van der Waals surface area contributed by atoms with Crippen molar-refractivity contribution in [2.45, 2.75) is 85.6 Å². The van der Waals surface area contributed by atoms with Gasteiger partial charge in [0.15, 0.2) is 0 Å². The maximum Gasteiger partial charge on any atom is 0.408 e. The van der Waals surface area contributed by atoms with E-state index in [0.717, 1.165) is 33.4 Å². The Morgan fingerprint density at radius 3 is 2.51 bits per heavy atom. The summed E-state index contributed by atoms with van der Waals surface area (Å²) >= 11 is 0. The summed E-state index contributed by atoms with van der Waals surface area (Å²) in [4.78, 5) is 33.2. The molecule has 0 saturated heterocycles. The van der Waals surface area contributed by atoms with Gasteiger partial charge in [-0.1, -0.05) is 19.0 Å². The number of benzene rings is 1. The van der Waals surface area contributed by atoms with Crippen molar-refractivity contribution in [1.29, 1.82) is 0 Å². The van der Waals surface area contributed by atoms with Crippen LogP contribution in [0.15, 0.2) is 41.1 Å². The van der Waals surface area contributed by atoms with Gasteiger partial charge in [0.1, 0.15) is 11.6 Å². The molecule has 0 radical (unpaired) electrons. The zero-order valence-electron chi connectivity index (χ0n) is 27.2. The zero-order chi connectivity index (χ0) is 33.1. The first-order valence-electron chi connectivity index (χ1n) is 15.0. The molecule has 0 aliphatic heterocycles. The number of alkyl carbamates (subject to hydrolysis) is 1. The maximum atomic E-state index is 12.2. The Bertz CT molecular complexity index is 1670. The number of nitrogens with zero attached hydrogens (tertiary/aromatic N) is 4.